The van der Waals surface area contributed by atoms with Gasteiger partial charge in [0.15, 0.2) is 0 Å². The summed E-state index contributed by atoms with van der Waals surface area (Å²) in [4.78, 5) is 33.9. The summed E-state index contributed by atoms with van der Waals surface area (Å²) in [7, 11) is 1.22. The van der Waals surface area contributed by atoms with Crippen molar-refractivity contribution in [2.24, 2.45) is 5.73 Å². The van der Waals surface area contributed by atoms with Crippen molar-refractivity contribution < 1.29 is 29.0 Å². The quantitative estimate of drug-likeness (QED) is 0.513. The van der Waals surface area contributed by atoms with Crippen molar-refractivity contribution in [3.05, 3.63) is 0 Å². The lowest BCUT2D eigenvalue weighted by atomic mass is 10.1. The number of aliphatic carboxylic acids is 1. The number of carboxylic acid groups (broad SMARTS) is 1. The molecular formula is C12H20N2O6. The molecule has 0 bridgehead atoms. The molecule has 0 aliphatic carbocycles. The number of carbonyl (C=O) groups is 3. The van der Waals surface area contributed by atoms with Gasteiger partial charge in [0, 0.05) is 13.0 Å². The van der Waals surface area contributed by atoms with Gasteiger partial charge in [0.1, 0.15) is 12.1 Å². The van der Waals surface area contributed by atoms with Crippen LogP contribution in [0, 0.1) is 0 Å². The SMILES string of the molecule is COC(=O)CCC(NC(=O)C1CCC(CN)O1)C(=O)O. The number of carboxylic acids is 1. The van der Waals surface area contributed by atoms with E-state index in [-0.39, 0.29) is 18.9 Å². The van der Waals surface area contributed by atoms with Crippen molar-refractivity contribution in [1.82, 2.24) is 5.32 Å². The molecule has 3 atom stereocenters. The topological polar surface area (TPSA) is 128 Å². The van der Waals surface area contributed by atoms with Crippen LogP contribution in [-0.4, -0.2) is 54.9 Å². The highest BCUT2D eigenvalue weighted by atomic mass is 16.5. The first-order valence-corrected chi connectivity index (χ1v) is 6.43. The van der Waals surface area contributed by atoms with Gasteiger partial charge in [0.05, 0.1) is 13.2 Å². The number of hydrogen-bond donors (Lipinski definition) is 3. The number of ether oxygens (including phenoxy) is 2. The highest BCUT2D eigenvalue weighted by molar-refractivity contribution is 5.86. The molecule has 4 N–H and O–H groups in total. The van der Waals surface area contributed by atoms with E-state index in [4.69, 9.17) is 15.6 Å². The summed E-state index contributed by atoms with van der Waals surface area (Å²) < 4.78 is 9.81. The minimum absolute atomic E-state index is 0.0270. The smallest absolute Gasteiger partial charge is 0.326 e. The van der Waals surface area contributed by atoms with Crippen LogP contribution in [-0.2, 0) is 23.9 Å². The highest BCUT2D eigenvalue weighted by Gasteiger charge is 2.32. The second kappa shape index (κ2) is 7.81. The second-order valence-electron chi connectivity index (χ2n) is 4.57. The van der Waals surface area contributed by atoms with E-state index >= 15 is 0 Å². The molecule has 0 aromatic carbocycles. The molecule has 114 valence electrons. The third kappa shape index (κ3) is 4.78. The first-order chi connectivity index (χ1) is 9.47. The van der Waals surface area contributed by atoms with Crippen LogP contribution in [0.2, 0.25) is 0 Å². The molecule has 0 aromatic rings. The van der Waals surface area contributed by atoms with Gasteiger partial charge in [0.2, 0.25) is 5.91 Å². The molecular weight excluding hydrogens is 268 g/mol. The number of methoxy groups -OCH3 is 1. The molecule has 8 nitrogen and oxygen atoms in total. The molecule has 1 aliphatic rings. The Hall–Kier alpha value is -1.67. The Morgan fingerprint density at radius 2 is 2.15 bits per heavy atom. The average molecular weight is 288 g/mol. The number of amides is 1. The Labute approximate surface area is 116 Å². The van der Waals surface area contributed by atoms with E-state index in [0.717, 1.165) is 0 Å². The molecule has 0 saturated carbocycles. The molecule has 0 aromatic heterocycles. The Morgan fingerprint density at radius 3 is 2.65 bits per heavy atom. The van der Waals surface area contributed by atoms with Crippen molar-refractivity contribution in [3.8, 4) is 0 Å². The summed E-state index contributed by atoms with van der Waals surface area (Å²) in [5.41, 5.74) is 5.44. The van der Waals surface area contributed by atoms with Crippen LogP contribution in [0.1, 0.15) is 25.7 Å². The third-order valence-corrected chi connectivity index (χ3v) is 3.14. The number of nitrogens with two attached hydrogens (primary N) is 1. The Balaban J connectivity index is 2.47. The fraction of sp³-hybridized carbons (Fsp3) is 0.750. The number of hydrogen-bond acceptors (Lipinski definition) is 6. The van der Waals surface area contributed by atoms with Gasteiger partial charge >= 0.3 is 11.9 Å². The van der Waals surface area contributed by atoms with Crippen molar-refractivity contribution in [2.75, 3.05) is 13.7 Å². The number of nitrogens with one attached hydrogen (secondary N) is 1. The van der Waals surface area contributed by atoms with Gasteiger partial charge < -0.3 is 25.6 Å². The summed E-state index contributed by atoms with van der Waals surface area (Å²) in [6.45, 7) is 0.328. The minimum Gasteiger partial charge on any atom is -0.480 e. The van der Waals surface area contributed by atoms with Crippen LogP contribution in [0.25, 0.3) is 0 Å². The van der Waals surface area contributed by atoms with E-state index in [9.17, 15) is 14.4 Å². The van der Waals surface area contributed by atoms with E-state index in [2.05, 4.69) is 10.1 Å². The number of esters is 1. The van der Waals surface area contributed by atoms with Gasteiger partial charge in [-0.3, -0.25) is 9.59 Å². The maximum atomic E-state index is 11.9. The minimum atomic E-state index is -1.20. The molecule has 1 amide bonds. The molecule has 1 rings (SSSR count). The van der Waals surface area contributed by atoms with Crippen LogP contribution in [0.4, 0.5) is 0 Å². The fourth-order valence-electron chi connectivity index (χ4n) is 1.96. The second-order valence-corrected chi connectivity index (χ2v) is 4.57. The van der Waals surface area contributed by atoms with Crippen LogP contribution in [0.3, 0.4) is 0 Å². The highest BCUT2D eigenvalue weighted by Crippen LogP contribution is 2.19. The van der Waals surface area contributed by atoms with Crippen LogP contribution in [0.15, 0.2) is 0 Å². The monoisotopic (exact) mass is 288 g/mol. The molecule has 1 heterocycles. The summed E-state index contributed by atoms with van der Waals surface area (Å²) >= 11 is 0. The Kier molecular flexibility index (Phi) is 6.40. The molecule has 20 heavy (non-hydrogen) atoms. The maximum absolute atomic E-state index is 11.9. The lowest BCUT2D eigenvalue weighted by Gasteiger charge is -2.17. The van der Waals surface area contributed by atoms with Gasteiger partial charge in [-0.05, 0) is 19.3 Å². The molecule has 0 radical (unpaired) electrons. The van der Waals surface area contributed by atoms with Gasteiger partial charge in [-0.1, -0.05) is 0 Å². The molecule has 1 fully saturated rings. The summed E-state index contributed by atoms with van der Waals surface area (Å²) in [5, 5.41) is 11.4. The predicted molar refractivity (Wildman–Crippen MR) is 67.8 cm³/mol. The first-order valence-electron chi connectivity index (χ1n) is 6.43. The zero-order valence-electron chi connectivity index (χ0n) is 11.3. The Bertz CT molecular complexity index is 373. The predicted octanol–water partition coefficient (Wildman–Crippen LogP) is -0.985. The lowest BCUT2D eigenvalue weighted by Crippen LogP contribution is -2.45. The van der Waals surface area contributed by atoms with Crippen LogP contribution < -0.4 is 11.1 Å². The van der Waals surface area contributed by atoms with E-state index < -0.39 is 30.0 Å². The Morgan fingerprint density at radius 1 is 1.45 bits per heavy atom. The third-order valence-electron chi connectivity index (χ3n) is 3.14. The van der Waals surface area contributed by atoms with Gasteiger partial charge in [-0.2, -0.15) is 0 Å². The maximum Gasteiger partial charge on any atom is 0.326 e. The van der Waals surface area contributed by atoms with Crippen molar-refractivity contribution in [3.63, 3.8) is 0 Å². The van der Waals surface area contributed by atoms with E-state index in [1.54, 1.807) is 0 Å². The summed E-state index contributed by atoms with van der Waals surface area (Å²) in [5.74, 6) is -2.21. The molecule has 8 heteroatoms. The van der Waals surface area contributed by atoms with Crippen molar-refractivity contribution >= 4 is 17.8 Å². The fourth-order valence-corrected chi connectivity index (χ4v) is 1.96. The summed E-state index contributed by atoms with van der Waals surface area (Å²) in [6.07, 6.45) is 0.240. The molecule has 3 unspecified atom stereocenters. The van der Waals surface area contributed by atoms with Gasteiger partial charge in [0.25, 0.3) is 0 Å². The van der Waals surface area contributed by atoms with Crippen molar-refractivity contribution in [2.45, 2.75) is 43.9 Å². The lowest BCUT2D eigenvalue weighted by molar-refractivity contribution is -0.145. The zero-order chi connectivity index (χ0) is 15.1. The van der Waals surface area contributed by atoms with E-state index in [0.29, 0.717) is 19.4 Å². The normalized spacial score (nSPS) is 23.1. The first kappa shape index (κ1) is 16.4. The largest absolute Gasteiger partial charge is 0.480 e. The number of carbonyl (C=O) groups excluding carboxylic acids is 2. The standard InChI is InChI=1S/C12H20N2O6/c1-19-10(15)5-3-8(12(17)18)14-11(16)9-4-2-7(6-13)20-9/h7-9H,2-6,13H2,1H3,(H,14,16)(H,17,18). The van der Waals surface area contributed by atoms with Crippen LogP contribution >= 0.6 is 0 Å². The molecule has 1 saturated heterocycles. The van der Waals surface area contributed by atoms with Crippen molar-refractivity contribution in [1.29, 1.82) is 0 Å². The zero-order valence-corrected chi connectivity index (χ0v) is 11.3. The van der Waals surface area contributed by atoms with Gasteiger partial charge in [-0.25, -0.2) is 4.79 Å². The van der Waals surface area contributed by atoms with Crippen LogP contribution in [0.5, 0.6) is 0 Å². The average Bonchev–Trinajstić information content (AvgIpc) is 2.91. The molecule has 1 aliphatic heterocycles. The molecule has 0 spiro atoms. The van der Waals surface area contributed by atoms with E-state index in [1.807, 2.05) is 0 Å². The van der Waals surface area contributed by atoms with Gasteiger partial charge in [-0.15, -0.1) is 0 Å². The summed E-state index contributed by atoms with van der Waals surface area (Å²) in [6, 6.07) is -1.14. The van der Waals surface area contributed by atoms with E-state index in [1.165, 1.54) is 7.11 Å². The number of rotatable bonds is 7.